The first-order valence-corrected chi connectivity index (χ1v) is 12.4. The molecule has 3 aromatic carbocycles. The van der Waals surface area contributed by atoms with Crippen LogP contribution in [0.1, 0.15) is 21.7 Å². The Labute approximate surface area is 197 Å². The van der Waals surface area contributed by atoms with Crippen LogP contribution in [0.4, 0.5) is 43.9 Å². The Hall–Kier alpha value is -2.35. The molecular formula is C22H9BF10Zr. The summed E-state index contributed by atoms with van der Waals surface area (Å²) in [5, 5.41) is 0. The maximum atomic E-state index is 14.7. The van der Waals surface area contributed by atoms with Gasteiger partial charge in [-0.05, 0) is 0 Å². The van der Waals surface area contributed by atoms with E-state index in [0.717, 1.165) is 0 Å². The average molecular weight is 565 g/mol. The molecule has 0 aromatic heterocycles. The van der Waals surface area contributed by atoms with E-state index in [2.05, 4.69) is 0 Å². The van der Waals surface area contributed by atoms with Crippen molar-refractivity contribution in [2.24, 2.45) is 0 Å². The van der Waals surface area contributed by atoms with Gasteiger partial charge in [0, 0.05) is 0 Å². The second-order valence-electron chi connectivity index (χ2n) is 7.52. The molecule has 12 heteroatoms. The Kier molecular flexibility index (Phi) is 6.57. The van der Waals surface area contributed by atoms with E-state index in [4.69, 9.17) is 0 Å². The van der Waals surface area contributed by atoms with Gasteiger partial charge >= 0.3 is 198 Å². The third-order valence-corrected chi connectivity index (χ3v) is 10.5. The van der Waals surface area contributed by atoms with Crippen LogP contribution in [0.3, 0.4) is 0 Å². The first kappa shape index (κ1) is 24.8. The quantitative estimate of drug-likeness (QED) is 0.172. The van der Waals surface area contributed by atoms with Crippen molar-refractivity contribution in [3.05, 3.63) is 99.1 Å². The summed E-state index contributed by atoms with van der Waals surface area (Å²) in [7, 11) is 0. The van der Waals surface area contributed by atoms with E-state index in [9.17, 15) is 43.9 Å². The molecule has 0 saturated heterocycles. The van der Waals surface area contributed by atoms with Crippen molar-refractivity contribution in [2.45, 2.75) is 10.5 Å². The van der Waals surface area contributed by atoms with E-state index in [-0.39, 0.29) is 0 Å². The number of halogens is 10. The maximum absolute atomic E-state index is 14.7. The SMILES string of the molecule is CC1=Cc2ccccc2[CH]1[Zr][B](c1c(F)c(F)c(F)c(F)c1F)c1c(F)c(F)c(F)c(F)c1F. The minimum absolute atomic E-state index is 0.560. The molecule has 0 saturated carbocycles. The molecule has 1 aliphatic carbocycles. The van der Waals surface area contributed by atoms with Crippen LogP contribution in [-0.4, -0.2) is 4.25 Å². The summed E-state index contributed by atoms with van der Waals surface area (Å²) in [6.45, 7) is 1.58. The van der Waals surface area contributed by atoms with Gasteiger partial charge in [0.2, 0.25) is 0 Å². The number of fused-ring (bicyclic) bond motifs is 1. The van der Waals surface area contributed by atoms with Crippen LogP contribution in [-0.2, 0) is 23.0 Å². The van der Waals surface area contributed by atoms with Gasteiger partial charge in [-0.1, -0.05) is 0 Å². The number of allylic oxidation sites excluding steroid dienone is 1. The fourth-order valence-electron chi connectivity index (χ4n) is 3.93. The summed E-state index contributed by atoms with van der Waals surface area (Å²) < 4.78 is 139. The second-order valence-corrected chi connectivity index (χ2v) is 11.2. The zero-order valence-electron chi connectivity index (χ0n) is 16.8. The number of rotatable bonds is 4. The molecule has 1 aliphatic rings. The Morgan fingerprint density at radius 2 is 0.971 bits per heavy atom. The fourth-order valence-corrected chi connectivity index (χ4v) is 8.75. The normalized spacial score (nSPS) is 14.8. The Morgan fingerprint density at radius 3 is 1.41 bits per heavy atom. The summed E-state index contributed by atoms with van der Waals surface area (Å²) in [4.78, 5) is 0. The van der Waals surface area contributed by atoms with Gasteiger partial charge in [-0.25, -0.2) is 0 Å². The third-order valence-electron chi connectivity index (χ3n) is 5.54. The van der Waals surface area contributed by atoms with E-state index in [1.807, 2.05) is 0 Å². The van der Waals surface area contributed by atoms with Crippen LogP contribution in [0, 0.1) is 58.2 Å². The first-order chi connectivity index (χ1) is 16.0. The molecule has 0 spiro atoms. The van der Waals surface area contributed by atoms with Crippen molar-refractivity contribution in [1.29, 1.82) is 0 Å². The van der Waals surface area contributed by atoms with Crippen LogP contribution >= 0.6 is 0 Å². The number of hydrogen-bond acceptors (Lipinski definition) is 0. The minimum atomic E-state index is -2.85. The van der Waals surface area contributed by atoms with Gasteiger partial charge in [0.15, 0.2) is 0 Å². The third kappa shape index (κ3) is 3.74. The molecule has 1 atom stereocenters. The van der Waals surface area contributed by atoms with Gasteiger partial charge in [0.05, 0.1) is 0 Å². The zero-order valence-corrected chi connectivity index (χ0v) is 19.3. The van der Waals surface area contributed by atoms with Crippen LogP contribution in [0.2, 0.25) is 0 Å². The molecule has 0 bridgehead atoms. The van der Waals surface area contributed by atoms with Gasteiger partial charge in [-0.15, -0.1) is 0 Å². The van der Waals surface area contributed by atoms with Crippen molar-refractivity contribution < 1.29 is 66.9 Å². The van der Waals surface area contributed by atoms with Gasteiger partial charge in [0.1, 0.15) is 0 Å². The zero-order chi connectivity index (χ0) is 25.1. The van der Waals surface area contributed by atoms with Gasteiger partial charge < -0.3 is 0 Å². The molecule has 0 radical (unpaired) electrons. The summed E-state index contributed by atoms with van der Waals surface area (Å²) in [5.41, 5.74) is -1.47. The molecule has 4 rings (SSSR count). The average Bonchev–Trinajstić information content (AvgIpc) is 3.13. The molecule has 0 aliphatic heterocycles. The first-order valence-electron chi connectivity index (χ1n) is 9.53. The molecule has 0 heterocycles. The molecule has 34 heavy (non-hydrogen) atoms. The Balaban J connectivity index is 2.03. The molecule has 3 aromatic rings. The molecular weight excluding hydrogens is 556 g/mol. The predicted molar refractivity (Wildman–Crippen MR) is 100 cm³/mol. The standard InChI is InChI=1S/C12BF10.C10H9.Zr/c14-3-1(4(15)8(19)11(22)7(3)18)13-2-5(16)9(20)12(23)10(21)6(2)17;1-8-6-9-4-2-3-5-10(9)7-8;/h;2-7H,1H3;/q+1;;-1. The molecule has 0 N–H and O–H groups in total. The van der Waals surface area contributed by atoms with Crippen molar-refractivity contribution >= 4 is 21.3 Å². The summed E-state index contributed by atoms with van der Waals surface area (Å²) in [5.74, 6) is -24.1. The van der Waals surface area contributed by atoms with Crippen LogP contribution < -0.4 is 10.9 Å². The van der Waals surface area contributed by atoms with Crippen molar-refractivity contribution in [1.82, 2.24) is 0 Å². The van der Waals surface area contributed by atoms with E-state index in [1.165, 1.54) is 0 Å². The summed E-state index contributed by atoms with van der Waals surface area (Å²) >= 11 is -2.85. The number of benzene rings is 3. The second kappa shape index (κ2) is 9.02. The molecule has 0 fully saturated rings. The Morgan fingerprint density at radius 1 is 0.588 bits per heavy atom. The summed E-state index contributed by atoms with van der Waals surface area (Å²) in [6.07, 6.45) is 1.66. The molecule has 0 amide bonds. The Bertz CT molecular complexity index is 1240. The van der Waals surface area contributed by atoms with Crippen molar-refractivity contribution in [2.75, 3.05) is 0 Å². The van der Waals surface area contributed by atoms with E-state index in [1.54, 1.807) is 37.3 Å². The van der Waals surface area contributed by atoms with E-state index < -0.39 is 100.0 Å². The van der Waals surface area contributed by atoms with Gasteiger partial charge in [0.25, 0.3) is 0 Å². The van der Waals surface area contributed by atoms with E-state index >= 15 is 0 Å². The monoisotopic (exact) mass is 564 g/mol. The number of hydrogen-bond donors (Lipinski definition) is 0. The van der Waals surface area contributed by atoms with Crippen LogP contribution in [0.5, 0.6) is 0 Å². The fraction of sp³-hybridized carbons (Fsp3) is 0.0909. The van der Waals surface area contributed by atoms with Gasteiger partial charge in [-0.2, -0.15) is 0 Å². The van der Waals surface area contributed by atoms with Crippen LogP contribution in [0.15, 0.2) is 29.8 Å². The molecule has 0 nitrogen and oxygen atoms in total. The molecule has 1 unspecified atom stereocenters. The topological polar surface area (TPSA) is 0 Å². The van der Waals surface area contributed by atoms with Crippen molar-refractivity contribution in [3.63, 3.8) is 0 Å². The van der Waals surface area contributed by atoms with Crippen LogP contribution in [0.25, 0.3) is 6.08 Å². The predicted octanol–water partition coefficient (Wildman–Crippen LogP) is 5.42. The summed E-state index contributed by atoms with van der Waals surface area (Å²) in [6, 6.07) is 6.54. The molecule has 174 valence electrons. The van der Waals surface area contributed by atoms with E-state index in [0.29, 0.717) is 16.7 Å². The van der Waals surface area contributed by atoms with Crippen molar-refractivity contribution in [3.8, 4) is 0 Å². The van der Waals surface area contributed by atoms with Gasteiger partial charge in [-0.3, -0.25) is 0 Å².